The van der Waals surface area contributed by atoms with E-state index >= 15 is 0 Å². The van der Waals surface area contributed by atoms with Crippen LogP contribution >= 0.6 is 15.9 Å². The number of hydrogen-bond acceptors (Lipinski definition) is 2. The number of likely N-dealkylation sites (N-methyl/N-ethyl adjacent to an activating group) is 1. The van der Waals surface area contributed by atoms with Crippen molar-refractivity contribution >= 4 is 21.7 Å². The highest BCUT2D eigenvalue weighted by Crippen LogP contribution is 2.16. The second-order valence-electron chi connectivity index (χ2n) is 4.58. The Morgan fingerprint density at radius 2 is 2.06 bits per heavy atom. The fourth-order valence-electron chi connectivity index (χ4n) is 1.68. The normalized spacial score (nSPS) is 10.9. The Bertz CT molecular complexity index is 390. The maximum Gasteiger partial charge on any atom is 0.131 e. The number of aryl methyl sites for hydroxylation is 1. The summed E-state index contributed by atoms with van der Waals surface area (Å²) in [4.78, 5) is 13.1. The molecule has 0 unspecified atom stereocenters. The molecule has 94 valence electrons. The van der Waals surface area contributed by atoms with Gasteiger partial charge in [0.15, 0.2) is 0 Å². The fraction of sp³-hybridized carbons (Fsp3) is 0.500. The molecule has 0 aliphatic rings. The zero-order chi connectivity index (χ0) is 12.8. The second-order valence-corrected chi connectivity index (χ2v) is 5.49. The van der Waals surface area contributed by atoms with Gasteiger partial charge in [0.25, 0.3) is 0 Å². The molecule has 1 aromatic rings. The van der Waals surface area contributed by atoms with Crippen molar-refractivity contribution in [3.8, 4) is 0 Å². The molecule has 0 heterocycles. The van der Waals surface area contributed by atoms with Crippen LogP contribution in [-0.4, -0.2) is 30.8 Å². The van der Waals surface area contributed by atoms with E-state index in [2.05, 4.69) is 53.0 Å². The smallest absolute Gasteiger partial charge is 0.131 e. The quantitative estimate of drug-likeness (QED) is 0.804. The summed E-state index contributed by atoms with van der Waals surface area (Å²) in [7, 11) is 2.07. The Kier molecular flexibility index (Phi) is 5.86. The van der Waals surface area contributed by atoms with Gasteiger partial charge in [-0.2, -0.15) is 0 Å². The van der Waals surface area contributed by atoms with Gasteiger partial charge in [0.1, 0.15) is 5.78 Å². The minimum Gasteiger partial charge on any atom is -0.306 e. The van der Waals surface area contributed by atoms with Gasteiger partial charge in [0.2, 0.25) is 0 Å². The maximum atomic E-state index is 10.9. The molecular formula is C14H20BrNO. The minimum absolute atomic E-state index is 0.260. The lowest BCUT2D eigenvalue weighted by molar-refractivity contribution is -0.117. The number of rotatable bonds is 6. The van der Waals surface area contributed by atoms with Crippen LogP contribution in [0.2, 0.25) is 0 Å². The first-order valence-electron chi connectivity index (χ1n) is 5.92. The Morgan fingerprint density at radius 3 is 2.71 bits per heavy atom. The summed E-state index contributed by atoms with van der Waals surface area (Å²) in [5, 5.41) is 0. The van der Waals surface area contributed by atoms with Gasteiger partial charge in [-0.05, 0) is 50.6 Å². The van der Waals surface area contributed by atoms with E-state index in [1.54, 1.807) is 6.92 Å². The van der Waals surface area contributed by atoms with Crippen LogP contribution in [0.4, 0.5) is 0 Å². The van der Waals surface area contributed by atoms with E-state index in [0.717, 1.165) is 24.0 Å². The SMILES string of the molecule is CC(=O)CCN(C)CCc1cc(Br)ccc1C. The molecule has 0 aliphatic carbocycles. The van der Waals surface area contributed by atoms with Crippen molar-refractivity contribution in [3.05, 3.63) is 33.8 Å². The minimum atomic E-state index is 0.260. The van der Waals surface area contributed by atoms with Crippen molar-refractivity contribution in [2.45, 2.75) is 26.7 Å². The standard InChI is InChI=1S/C14H20BrNO/c1-11-4-5-14(15)10-13(11)7-9-16(3)8-6-12(2)17/h4-5,10H,6-9H2,1-3H3. The first-order chi connectivity index (χ1) is 7.99. The number of carbonyl (C=O) groups excluding carboxylic acids is 1. The summed E-state index contributed by atoms with van der Waals surface area (Å²) < 4.78 is 1.13. The average molecular weight is 298 g/mol. The zero-order valence-corrected chi connectivity index (χ0v) is 12.4. The molecule has 0 bridgehead atoms. The van der Waals surface area contributed by atoms with Crippen molar-refractivity contribution in [3.63, 3.8) is 0 Å². The Morgan fingerprint density at radius 1 is 1.35 bits per heavy atom. The number of ketones is 1. The monoisotopic (exact) mass is 297 g/mol. The van der Waals surface area contributed by atoms with Crippen LogP contribution in [0.1, 0.15) is 24.5 Å². The molecule has 0 fully saturated rings. The number of carbonyl (C=O) groups is 1. The highest BCUT2D eigenvalue weighted by molar-refractivity contribution is 9.10. The van der Waals surface area contributed by atoms with Crippen LogP contribution in [0.25, 0.3) is 0 Å². The lowest BCUT2D eigenvalue weighted by Gasteiger charge is -2.16. The highest BCUT2D eigenvalue weighted by Gasteiger charge is 2.03. The van der Waals surface area contributed by atoms with Crippen LogP contribution in [-0.2, 0) is 11.2 Å². The largest absolute Gasteiger partial charge is 0.306 e. The van der Waals surface area contributed by atoms with Crippen molar-refractivity contribution < 1.29 is 4.79 Å². The third kappa shape index (κ3) is 5.46. The van der Waals surface area contributed by atoms with E-state index in [-0.39, 0.29) is 5.78 Å². The van der Waals surface area contributed by atoms with Gasteiger partial charge in [-0.25, -0.2) is 0 Å². The van der Waals surface area contributed by atoms with Gasteiger partial charge < -0.3 is 4.90 Å². The van der Waals surface area contributed by atoms with Gasteiger partial charge in [0, 0.05) is 24.0 Å². The molecule has 17 heavy (non-hydrogen) atoms. The van der Waals surface area contributed by atoms with E-state index in [9.17, 15) is 4.79 Å². The summed E-state index contributed by atoms with van der Waals surface area (Å²) in [5.41, 5.74) is 2.70. The summed E-state index contributed by atoms with van der Waals surface area (Å²) >= 11 is 3.49. The fourth-order valence-corrected chi connectivity index (χ4v) is 2.09. The third-order valence-electron chi connectivity index (χ3n) is 2.92. The molecule has 3 heteroatoms. The molecule has 1 rings (SSSR count). The third-order valence-corrected chi connectivity index (χ3v) is 3.41. The van der Waals surface area contributed by atoms with E-state index in [1.165, 1.54) is 11.1 Å². The second kappa shape index (κ2) is 6.92. The van der Waals surface area contributed by atoms with E-state index in [0.29, 0.717) is 6.42 Å². The van der Waals surface area contributed by atoms with Crippen LogP contribution in [0.15, 0.2) is 22.7 Å². The van der Waals surface area contributed by atoms with Crippen molar-refractivity contribution in [2.24, 2.45) is 0 Å². The number of Topliss-reactive ketones (excluding diaryl/α,β-unsaturated/α-hetero) is 1. The van der Waals surface area contributed by atoms with Crippen LogP contribution in [0.3, 0.4) is 0 Å². The molecular weight excluding hydrogens is 278 g/mol. The van der Waals surface area contributed by atoms with Crippen LogP contribution in [0, 0.1) is 6.92 Å². The molecule has 1 aromatic carbocycles. The van der Waals surface area contributed by atoms with Crippen LogP contribution < -0.4 is 0 Å². The molecule has 0 saturated carbocycles. The Balaban J connectivity index is 2.44. The Hall–Kier alpha value is -0.670. The van der Waals surface area contributed by atoms with Crippen molar-refractivity contribution in [1.29, 1.82) is 0 Å². The van der Waals surface area contributed by atoms with Gasteiger partial charge >= 0.3 is 0 Å². The predicted octanol–water partition coefficient (Wildman–Crippen LogP) is 3.21. The topological polar surface area (TPSA) is 20.3 Å². The Labute approximate surface area is 112 Å². The molecule has 0 aromatic heterocycles. The van der Waals surface area contributed by atoms with E-state index in [4.69, 9.17) is 0 Å². The average Bonchev–Trinajstić information content (AvgIpc) is 2.27. The number of hydrogen-bond donors (Lipinski definition) is 0. The first kappa shape index (κ1) is 14.4. The zero-order valence-electron chi connectivity index (χ0n) is 10.8. The van der Waals surface area contributed by atoms with Gasteiger partial charge in [-0.3, -0.25) is 4.79 Å². The summed E-state index contributed by atoms with van der Waals surface area (Å²) in [5.74, 6) is 0.260. The maximum absolute atomic E-state index is 10.9. The summed E-state index contributed by atoms with van der Waals surface area (Å²) in [6, 6.07) is 6.38. The first-order valence-corrected chi connectivity index (χ1v) is 6.71. The van der Waals surface area contributed by atoms with Gasteiger partial charge in [0.05, 0.1) is 0 Å². The summed E-state index contributed by atoms with van der Waals surface area (Å²) in [6.07, 6.45) is 1.67. The van der Waals surface area contributed by atoms with E-state index < -0.39 is 0 Å². The molecule has 0 saturated heterocycles. The van der Waals surface area contributed by atoms with E-state index in [1.807, 2.05) is 0 Å². The number of halogens is 1. The van der Waals surface area contributed by atoms with Gasteiger partial charge in [-0.1, -0.05) is 22.0 Å². The molecule has 0 atom stereocenters. The van der Waals surface area contributed by atoms with Gasteiger partial charge in [-0.15, -0.1) is 0 Å². The lowest BCUT2D eigenvalue weighted by Crippen LogP contribution is -2.24. The van der Waals surface area contributed by atoms with Crippen molar-refractivity contribution in [1.82, 2.24) is 4.90 Å². The number of benzene rings is 1. The molecule has 0 spiro atoms. The lowest BCUT2D eigenvalue weighted by atomic mass is 10.1. The molecule has 0 N–H and O–H groups in total. The predicted molar refractivity (Wildman–Crippen MR) is 75.4 cm³/mol. The van der Waals surface area contributed by atoms with Crippen molar-refractivity contribution in [2.75, 3.05) is 20.1 Å². The molecule has 0 aliphatic heterocycles. The number of nitrogens with zero attached hydrogens (tertiary/aromatic N) is 1. The molecule has 0 radical (unpaired) electrons. The summed E-state index contributed by atoms with van der Waals surface area (Å²) in [6.45, 7) is 5.62. The van der Waals surface area contributed by atoms with Crippen LogP contribution in [0.5, 0.6) is 0 Å². The molecule has 2 nitrogen and oxygen atoms in total. The highest BCUT2D eigenvalue weighted by atomic mass is 79.9. The molecule has 0 amide bonds.